The van der Waals surface area contributed by atoms with Crippen LogP contribution >= 0.6 is 11.3 Å². The summed E-state index contributed by atoms with van der Waals surface area (Å²) in [7, 11) is 1.37. The normalized spacial score (nSPS) is 17.5. The van der Waals surface area contributed by atoms with Crippen LogP contribution in [0.25, 0.3) is 11.1 Å². The molecule has 7 heteroatoms. The van der Waals surface area contributed by atoms with Crippen LogP contribution in [-0.2, 0) is 9.53 Å². The molecule has 1 aliphatic carbocycles. The van der Waals surface area contributed by atoms with E-state index in [2.05, 4.69) is 10.6 Å². The fraction of sp³-hybridized carbons (Fsp3) is 0.240. The minimum Gasteiger partial charge on any atom is -0.469 e. The molecule has 4 rings (SSSR count). The number of urea groups is 1. The molecule has 0 spiro atoms. The van der Waals surface area contributed by atoms with E-state index in [1.807, 2.05) is 66.0 Å². The van der Waals surface area contributed by atoms with Crippen LogP contribution in [0.1, 0.15) is 29.6 Å². The zero-order valence-electron chi connectivity index (χ0n) is 17.7. The molecule has 1 fully saturated rings. The van der Waals surface area contributed by atoms with Gasteiger partial charge in [0.1, 0.15) is 0 Å². The van der Waals surface area contributed by atoms with Crippen molar-refractivity contribution in [1.29, 1.82) is 0 Å². The fourth-order valence-corrected chi connectivity index (χ4v) is 4.73. The summed E-state index contributed by atoms with van der Waals surface area (Å²) < 4.78 is 4.87. The van der Waals surface area contributed by atoms with Gasteiger partial charge in [0, 0.05) is 17.2 Å². The van der Waals surface area contributed by atoms with Crippen LogP contribution in [0.2, 0.25) is 0 Å². The predicted molar refractivity (Wildman–Crippen MR) is 126 cm³/mol. The van der Waals surface area contributed by atoms with Crippen molar-refractivity contribution in [2.24, 2.45) is 11.8 Å². The molecule has 1 aromatic heterocycles. The topological polar surface area (TPSA) is 84.5 Å². The second-order valence-corrected chi connectivity index (χ2v) is 8.69. The molecule has 1 saturated carbocycles. The van der Waals surface area contributed by atoms with Gasteiger partial charge in [0.15, 0.2) is 5.78 Å². The van der Waals surface area contributed by atoms with E-state index in [1.54, 1.807) is 0 Å². The summed E-state index contributed by atoms with van der Waals surface area (Å²) in [5.41, 5.74) is 3.23. The molecule has 0 bridgehead atoms. The van der Waals surface area contributed by atoms with E-state index in [0.29, 0.717) is 17.7 Å². The van der Waals surface area contributed by atoms with Gasteiger partial charge in [-0.15, -0.1) is 11.3 Å². The van der Waals surface area contributed by atoms with Crippen molar-refractivity contribution in [3.8, 4) is 11.1 Å². The van der Waals surface area contributed by atoms with E-state index in [0.717, 1.165) is 29.0 Å². The number of nitrogens with one attached hydrogen (secondary N) is 2. The Bertz CT molecular complexity index is 1090. The summed E-state index contributed by atoms with van der Waals surface area (Å²) in [5, 5.41) is 8.26. The van der Waals surface area contributed by atoms with Crippen molar-refractivity contribution in [1.82, 2.24) is 0 Å². The summed E-state index contributed by atoms with van der Waals surface area (Å²) in [4.78, 5) is 37.0. The van der Waals surface area contributed by atoms with Crippen LogP contribution in [0.5, 0.6) is 0 Å². The number of carbonyl (C=O) groups is 3. The highest BCUT2D eigenvalue weighted by Gasteiger charge is 2.38. The molecule has 1 aliphatic rings. The summed E-state index contributed by atoms with van der Waals surface area (Å²) in [6.07, 6.45) is 2.28. The first-order valence-electron chi connectivity index (χ1n) is 10.5. The first-order chi connectivity index (χ1) is 15.5. The summed E-state index contributed by atoms with van der Waals surface area (Å²) in [5.74, 6) is -0.945. The highest BCUT2D eigenvalue weighted by atomic mass is 32.1. The number of carbonyl (C=O) groups excluding carboxylic acids is 3. The second-order valence-electron chi connectivity index (χ2n) is 7.74. The molecule has 0 radical (unpaired) electrons. The molecule has 32 heavy (non-hydrogen) atoms. The van der Waals surface area contributed by atoms with Crippen LogP contribution in [0.3, 0.4) is 0 Å². The van der Waals surface area contributed by atoms with Gasteiger partial charge in [0.2, 0.25) is 0 Å². The third-order valence-corrected chi connectivity index (χ3v) is 6.55. The Kier molecular flexibility index (Phi) is 6.66. The highest BCUT2D eigenvalue weighted by molar-refractivity contribution is 7.14. The maximum atomic E-state index is 12.9. The van der Waals surface area contributed by atoms with Gasteiger partial charge >= 0.3 is 12.0 Å². The lowest BCUT2D eigenvalue weighted by Gasteiger charge is -2.16. The van der Waals surface area contributed by atoms with Gasteiger partial charge in [0.05, 0.1) is 18.0 Å². The maximum absolute atomic E-state index is 12.9. The predicted octanol–water partition coefficient (Wildman–Crippen LogP) is 5.83. The Morgan fingerprint density at radius 1 is 0.875 bits per heavy atom. The smallest absolute Gasteiger partial charge is 0.324 e. The van der Waals surface area contributed by atoms with E-state index in [-0.39, 0.29) is 29.6 Å². The van der Waals surface area contributed by atoms with Crippen LogP contribution in [0, 0.1) is 11.8 Å². The Labute approximate surface area is 190 Å². The SMILES string of the molecule is COC(=O)[C@@H]1CCC[C@H]1C(=O)c1ccc(-c2ccc(NC(=O)Nc3cccs3)cc2)cc1. The molecule has 0 saturated heterocycles. The number of Topliss-reactive ketones (excluding diaryl/α,β-unsaturated/α-hetero) is 1. The summed E-state index contributed by atoms with van der Waals surface area (Å²) >= 11 is 1.46. The minimum atomic E-state index is -0.343. The van der Waals surface area contributed by atoms with Gasteiger partial charge in [-0.1, -0.05) is 42.8 Å². The zero-order chi connectivity index (χ0) is 22.5. The molecular formula is C25H24N2O4S. The standard InChI is InChI=1S/C25H24N2O4S/c1-31-24(29)21-5-2-4-20(21)23(28)18-9-7-16(8-10-18)17-11-13-19(14-12-17)26-25(30)27-22-6-3-15-32-22/h3,6-15,20-21H,2,4-5H2,1H3,(H2,26,27,30)/t20-,21-/m1/s1. The molecule has 2 amide bonds. The maximum Gasteiger partial charge on any atom is 0.324 e. The number of ketones is 1. The van der Waals surface area contributed by atoms with Crippen LogP contribution in [-0.4, -0.2) is 24.9 Å². The minimum absolute atomic E-state index is 0.000695. The van der Waals surface area contributed by atoms with Crippen LogP contribution in [0.4, 0.5) is 15.5 Å². The number of ether oxygens (including phenoxy) is 1. The lowest BCUT2D eigenvalue weighted by Crippen LogP contribution is -2.26. The number of hydrogen-bond donors (Lipinski definition) is 2. The number of thiophene rings is 1. The van der Waals surface area contributed by atoms with E-state index in [9.17, 15) is 14.4 Å². The van der Waals surface area contributed by atoms with Gasteiger partial charge in [-0.3, -0.25) is 14.9 Å². The second kappa shape index (κ2) is 9.78. The Morgan fingerprint density at radius 2 is 1.53 bits per heavy atom. The molecule has 0 unspecified atom stereocenters. The van der Waals surface area contributed by atoms with E-state index >= 15 is 0 Å². The molecule has 164 valence electrons. The molecule has 6 nitrogen and oxygen atoms in total. The fourth-order valence-electron chi connectivity index (χ4n) is 4.12. The van der Waals surface area contributed by atoms with Gasteiger partial charge < -0.3 is 10.1 Å². The Morgan fingerprint density at radius 3 is 2.16 bits per heavy atom. The van der Waals surface area contributed by atoms with Crippen molar-refractivity contribution in [2.45, 2.75) is 19.3 Å². The Hall–Kier alpha value is -3.45. The largest absolute Gasteiger partial charge is 0.469 e. The monoisotopic (exact) mass is 448 g/mol. The summed E-state index contributed by atoms with van der Waals surface area (Å²) in [6.45, 7) is 0. The molecule has 0 aliphatic heterocycles. The van der Waals surface area contributed by atoms with Crippen molar-refractivity contribution < 1.29 is 19.1 Å². The molecule has 2 aromatic carbocycles. The molecule has 1 heterocycles. The number of rotatable bonds is 6. The number of anilines is 2. The van der Waals surface area contributed by atoms with Crippen LogP contribution in [0.15, 0.2) is 66.0 Å². The van der Waals surface area contributed by atoms with E-state index in [4.69, 9.17) is 4.74 Å². The van der Waals surface area contributed by atoms with Gasteiger partial charge in [0.25, 0.3) is 0 Å². The van der Waals surface area contributed by atoms with E-state index < -0.39 is 0 Å². The number of benzene rings is 2. The molecule has 2 N–H and O–H groups in total. The quantitative estimate of drug-likeness (QED) is 0.367. The van der Waals surface area contributed by atoms with Gasteiger partial charge in [-0.05, 0) is 53.6 Å². The third kappa shape index (κ3) is 4.89. The number of hydrogen-bond acceptors (Lipinski definition) is 5. The summed E-state index contributed by atoms with van der Waals surface area (Å²) in [6, 6.07) is 18.4. The average Bonchev–Trinajstić information content (AvgIpc) is 3.51. The third-order valence-electron chi connectivity index (χ3n) is 5.76. The average molecular weight is 449 g/mol. The molecule has 3 aromatic rings. The van der Waals surface area contributed by atoms with E-state index in [1.165, 1.54) is 18.4 Å². The van der Waals surface area contributed by atoms with Gasteiger partial charge in [-0.25, -0.2) is 4.79 Å². The number of esters is 1. The van der Waals surface area contributed by atoms with Crippen molar-refractivity contribution >= 4 is 39.8 Å². The van der Waals surface area contributed by atoms with Crippen LogP contribution < -0.4 is 10.6 Å². The molecule has 2 atom stereocenters. The van der Waals surface area contributed by atoms with Crippen molar-refractivity contribution in [3.63, 3.8) is 0 Å². The van der Waals surface area contributed by atoms with Crippen molar-refractivity contribution in [3.05, 3.63) is 71.6 Å². The van der Waals surface area contributed by atoms with Crippen molar-refractivity contribution in [2.75, 3.05) is 17.7 Å². The zero-order valence-corrected chi connectivity index (χ0v) is 18.5. The highest BCUT2D eigenvalue weighted by Crippen LogP contribution is 2.35. The lowest BCUT2D eigenvalue weighted by atomic mass is 9.88. The first-order valence-corrected chi connectivity index (χ1v) is 11.4. The molecular weight excluding hydrogens is 424 g/mol. The lowest BCUT2D eigenvalue weighted by molar-refractivity contribution is -0.146. The first kappa shape index (κ1) is 21.8. The Balaban J connectivity index is 1.40. The van der Waals surface area contributed by atoms with Gasteiger partial charge in [-0.2, -0.15) is 0 Å². The number of methoxy groups -OCH3 is 1. The number of amides is 2.